The zero-order chi connectivity index (χ0) is 45.5. The second-order valence-corrected chi connectivity index (χ2v) is 19.9. The summed E-state index contributed by atoms with van der Waals surface area (Å²) >= 11 is 0. The standard InChI is InChI=1S/C39H32N2O17S4/c1-21-9-3-2-4-11-22(12-7-10-21)20-58-39(46)34-31-24-13-5-6-14-25(24)37(44)32-26(19-29(62(55,56)57)36(33(31)32)41-38(34)45)40-35-27(60(49,50)51)17-23(18-28(35)61(52,53)54)59(47,48)16-8-15-30(42)43/h2-7,9-10,12-14,17-19,40H,1,8,11,15-16,20H2,(H,41,45)(H,42,43)(H,49,50,51)(H,52,53,54)(H,55,56,57)/b4-2-,9-3-,10-7?,22-12+. The van der Waals surface area contributed by atoms with Gasteiger partial charge in [-0.05, 0) is 47.8 Å². The van der Waals surface area contributed by atoms with Gasteiger partial charge in [-0.3, -0.25) is 28.0 Å². The molecule has 0 saturated heterocycles. The SMILES string of the molecule is C=C1C=C/C=C(/COC(=O)c2c3c4c(c(Nc5c(S(=O)(=O)O)cc(S(=O)(=O)CCCC(=O)O)cc5S(=O)(=O)O)cc(S(=O)(=O)O)c4[nH]c2=O)C(=O)c2ccccc2-3)C/C=C\C=C/1. The summed E-state index contributed by atoms with van der Waals surface area (Å²) in [6.45, 7) is 3.49. The van der Waals surface area contributed by atoms with Crippen LogP contribution in [0.15, 0.2) is 127 Å². The molecule has 1 aromatic heterocycles. The molecule has 0 spiro atoms. The van der Waals surface area contributed by atoms with Gasteiger partial charge in [-0.15, -0.1) is 0 Å². The summed E-state index contributed by atoms with van der Waals surface area (Å²) < 4.78 is 140. The number of ether oxygens (including phenoxy) is 1. The predicted molar refractivity (Wildman–Crippen MR) is 221 cm³/mol. The van der Waals surface area contributed by atoms with Crippen LogP contribution in [0.3, 0.4) is 0 Å². The Kier molecular flexibility index (Phi) is 12.3. The van der Waals surface area contributed by atoms with Crippen molar-refractivity contribution >= 4 is 80.2 Å². The van der Waals surface area contributed by atoms with Gasteiger partial charge in [0.05, 0.1) is 33.1 Å². The Morgan fingerprint density at radius 3 is 2.03 bits per heavy atom. The first-order valence-corrected chi connectivity index (χ1v) is 23.7. The molecule has 0 atom stereocenters. The fourth-order valence-corrected chi connectivity index (χ4v) is 10.3. The lowest BCUT2D eigenvalue weighted by Gasteiger charge is -2.25. The van der Waals surface area contributed by atoms with Crippen LogP contribution in [0.2, 0.25) is 0 Å². The maximum absolute atomic E-state index is 14.5. The Hall–Kier alpha value is -6.34. The van der Waals surface area contributed by atoms with Gasteiger partial charge in [0.2, 0.25) is 0 Å². The summed E-state index contributed by atoms with van der Waals surface area (Å²) in [6.07, 6.45) is 11.0. The summed E-state index contributed by atoms with van der Waals surface area (Å²) in [6, 6.07) is 6.34. The molecule has 324 valence electrons. The van der Waals surface area contributed by atoms with Crippen molar-refractivity contribution < 1.29 is 71.6 Å². The number of sulfone groups is 1. The van der Waals surface area contributed by atoms with Gasteiger partial charge < -0.3 is 20.1 Å². The Morgan fingerprint density at radius 1 is 0.806 bits per heavy atom. The number of ketones is 1. The van der Waals surface area contributed by atoms with E-state index >= 15 is 0 Å². The van der Waals surface area contributed by atoms with E-state index in [-0.39, 0.29) is 29.9 Å². The molecular weight excluding hydrogens is 897 g/mol. The zero-order valence-electron chi connectivity index (χ0n) is 31.6. The topological polar surface area (TPSA) is 323 Å². The number of esters is 1. The minimum atomic E-state index is -5.74. The third-order valence-corrected chi connectivity index (χ3v) is 13.8. The molecule has 6 N–H and O–H groups in total. The van der Waals surface area contributed by atoms with Crippen LogP contribution in [-0.4, -0.2) is 87.5 Å². The molecule has 0 unspecified atom stereocenters. The van der Waals surface area contributed by atoms with Crippen LogP contribution < -0.4 is 10.9 Å². The van der Waals surface area contributed by atoms with E-state index in [0.29, 0.717) is 23.6 Å². The summed E-state index contributed by atoms with van der Waals surface area (Å²) in [4.78, 5) is 50.1. The Balaban J connectivity index is 1.64. The van der Waals surface area contributed by atoms with Crippen molar-refractivity contribution in [3.8, 4) is 11.1 Å². The lowest BCUT2D eigenvalue weighted by molar-refractivity contribution is -0.137. The molecule has 2 aliphatic carbocycles. The van der Waals surface area contributed by atoms with E-state index in [9.17, 15) is 66.5 Å². The molecular formula is C39H32N2O17S4. The van der Waals surface area contributed by atoms with E-state index in [2.05, 4.69) is 16.9 Å². The van der Waals surface area contributed by atoms with Crippen LogP contribution in [0.1, 0.15) is 45.5 Å². The number of carboxylic acid groups (broad SMARTS) is 1. The number of aliphatic carboxylic acids is 1. The lowest BCUT2D eigenvalue weighted by Crippen LogP contribution is -2.26. The molecule has 62 heavy (non-hydrogen) atoms. The molecule has 2 aliphatic rings. The molecule has 0 aliphatic heterocycles. The first kappa shape index (κ1) is 45.2. The molecule has 0 bridgehead atoms. The second-order valence-electron chi connectivity index (χ2n) is 13.6. The minimum absolute atomic E-state index is 0.115. The highest BCUT2D eigenvalue weighted by molar-refractivity contribution is 7.91. The quantitative estimate of drug-likeness (QED) is 0.0695. The average molecular weight is 929 g/mol. The summed E-state index contributed by atoms with van der Waals surface area (Å²) in [5.74, 6) is -4.67. The summed E-state index contributed by atoms with van der Waals surface area (Å²) in [5.41, 5.74) is -5.23. The van der Waals surface area contributed by atoms with E-state index in [1.165, 1.54) is 24.3 Å². The maximum Gasteiger partial charge on any atom is 0.344 e. The van der Waals surface area contributed by atoms with E-state index < -0.39 is 141 Å². The van der Waals surface area contributed by atoms with E-state index in [1.54, 1.807) is 42.5 Å². The summed E-state index contributed by atoms with van der Waals surface area (Å²) in [7, 11) is -21.7. The van der Waals surface area contributed by atoms with E-state index in [1.807, 2.05) is 0 Å². The molecule has 23 heteroatoms. The minimum Gasteiger partial charge on any atom is -0.481 e. The third-order valence-electron chi connectivity index (χ3n) is 9.39. The summed E-state index contributed by atoms with van der Waals surface area (Å²) in [5, 5.41) is 10.6. The average Bonchev–Trinajstić information content (AvgIpc) is 3.16. The maximum atomic E-state index is 14.5. The number of carbonyl (C=O) groups excluding carboxylic acids is 2. The fourth-order valence-electron chi connectivity index (χ4n) is 6.67. The van der Waals surface area contributed by atoms with Crippen LogP contribution in [0.5, 0.6) is 0 Å². The first-order valence-electron chi connectivity index (χ1n) is 17.7. The van der Waals surface area contributed by atoms with Crippen LogP contribution in [0, 0.1) is 0 Å². The molecule has 3 aromatic carbocycles. The molecule has 1 heterocycles. The fraction of sp³-hybridized carbons (Fsp3) is 0.128. The number of anilines is 2. The Labute approximate surface area is 352 Å². The van der Waals surface area contributed by atoms with Gasteiger partial charge in [-0.25, -0.2) is 13.2 Å². The number of aromatic amines is 1. The van der Waals surface area contributed by atoms with Crippen LogP contribution in [0.4, 0.5) is 11.4 Å². The van der Waals surface area contributed by atoms with E-state index in [4.69, 9.17) is 9.84 Å². The number of benzene rings is 3. The number of hydrogen-bond donors (Lipinski definition) is 6. The van der Waals surface area contributed by atoms with Gasteiger partial charge in [0.25, 0.3) is 35.9 Å². The number of allylic oxidation sites excluding steroid dienone is 8. The third kappa shape index (κ3) is 9.28. The van der Waals surface area contributed by atoms with Gasteiger partial charge >= 0.3 is 11.9 Å². The van der Waals surface area contributed by atoms with Gasteiger partial charge in [-0.1, -0.05) is 73.4 Å². The smallest absolute Gasteiger partial charge is 0.344 e. The Morgan fingerprint density at radius 2 is 1.42 bits per heavy atom. The van der Waals surface area contributed by atoms with Crippen LogP contribution >= 0.6 is 0 Å². The number of rotatable bonds is 13. The van der Waals surface area contributed by atoms with Crippen LogP contribution in [0.25, 0.3) is 22.0 Å². The molecule has 0 amide bonds. The normalized spacial score (nSPS) is 16.2. The van der Waals surface area contributed by atoms with Crippen molar-refractivity contribution in [2.45, 2.75) is 38.8 Å². The number of nitrogens with one attached hydrogen (secondary N) is 2. The highest BCUT2D eigenvalue weighted by Gasteiger charge is 2.38. The first-order chi connectivity index (χ1) is 28.9. The van der Waals surface area contributed by atoms with Crippen molar-refractivity contribution in [3.63, 3.8) is 0 Å². The van der Waals surface area contributed by atoms with Gasteiger partial charge in [0.15, 0.2) is 15.6 Å². The molecule has 0 saturated carbocycles. The molecule has 0 fully saturated rings. The van der Waals surface area contributed by atoms with Crippen LogP contribution in [-0.2, 0) is 49.7 Å². The number of aromatic nitrogens is 1. The Bertz CT molecular complexity index is 3250. The number of carbonyl (C=O) groups is 3. The predicted octanol–water partition coefficient (Wildman–Crippen LogP) is 4.57. The highest BCUT2D eigenvalue weighted by atomic mass is 32.2. The van der Waals surface area contributed by atoms with Crippen molar-refractivity contribution in [2.75, 3.05) is 17.7 Å². The largest absolute Gasteiger partial charge is 0.481 e. The van der Waals surface area contributed by atoms with Crippen molar-refractivity contribution in [1.82, 2.24) is 4.98 Å². The number of H-pyrrole nitrogens is 1. The molecule has 6 rings (SSSR count). The van der Waals surface area contributed by atoms with Crippen molar-refractivity contribution in [1.29, 1.82) is 0 Å². The second kappa shape index (κ2) is 16.8. The van der Waals surface area contributed by atoms with Crippen molar-refractivity contribution in [3.05, 3.63) is 130 Å². The van der Waals surface area contributed by atoms with Gasteiger partial charge in [-0.2, -0.15) is 25.3 Å². The number of pyridine rings is 1. The molecule has 0 radical (unpaired) electrons. The van der Waals surface area contributed by atoms with Crippen molar-refractivity contribution in [2.24, 2.45) is 0 Å². The number of carboxylic acids is 1. The monoisotopic (exact) mass is 928 g/mol. The lowest BCUT2D eigenvalue weighted by atomic mass is 9.81. The molecule has 4 aromatic rings. The van der Waals surface area contributed by atoms with Gasteiger partial charge in [0, 0.05) is 22.9 Å². The molecule has 19 nitrogen and oxygen atoms in total. The number of hydrogen-bond acceptors (Lipinski definition) is 14. The van der Waals surface area contributed by atoms with E-state index in [0.717, 1.165) is 0 Å². The highest BCUT2D eigenvalue weighted by Crippen LogP contribution is 2.46. The number of fused-ring (bicyclic) bond motifs is 2. The zero-order valence-corrected chi connectivity index (χ0v) is 34.8. The van der Waals surface area contributed by atoms with Gasteiger partial charge in [0.1, 0.15) is 26.9 Å².